The molecule has 0 atom stereocenters. The number of nitrogens with zero attached hydrogens (tertiary/aromatic N) is 1. The second kappa shape index (κ2) is 3.82. The molecule has 80 valence electrons. The van der Waals surface area contributed by atoms with Crippen molar-refractivity contribution in [2.24, 2.45) is 0 Å². The molecule has 1 aliphatic rings. The zero-order valence-corrected chi connectivity index (χ0v) is 7.95. The summed E-state index contributed by atoms with van der Waals surface area (Å²) in [5.74, 6) is -0.999. The van der Waals surface area contributed by atoms with E-state index in [1.54, 1.807) is 0 Å². The van der Waals surface area contributed by atoms with Crippen LogP contribution in [0.2, 0.25) is 0 Å². The zero-order chi connectivity index (χ0) is 10.8. The van der Waals surface area contributed by atoms with Crippen LogP contribution in [0, 0.1) is 0 Å². The van der Waals surface area contributed by atoms with Crippen LogP contribution in [0.3, 0.4) is 0 Å². The average Bonchev–Trinajstić information content (AvgIpc) is 2.16. The molecule has 0 saturated heterocycles. The Labute approximate surface area is 84.9 Å². The van der Waals surface area contributed by atoms with Gasteiger partial charge in [-0.1, -0.05) is 0 Å². The van der Waals surface area contributed by atoms with Gasteiger partial charge in [-0.15, -0.1) is 0 Å². The maximum Gasteiger partial charge on any atom is 0.345 e. The van der Waals surface area contributed by atoms with Crippen LogP contribution in [0.1, 0.15) is 17.0 Å². The van der Waals surface area contributed by atoms with Crippen molar-refractivity contribution < 1.29 is 14.6 Å². The van der Waals surface area contributed by atoms with Gasteiger partial charge in [-0.3, -0.25) is 4.79 Å². The Morgan fingerprint density at radius 3 is 3.13 bits per heavy atom. The molecule has 1 aromatic heterocycles. The van der Waals surface area contributed by atoms with Gasteiger partial charge in [-0.05, 0) is 0 Å². The van der Waals surface area contributed by atoms with Crippen molar-refractivity contribution in [2.45, 2.75) is 19.4 Å². The van der Waals surface area contributed by atoms with Gasteiger partial charge in [0.05, 0.1) is 25.3 Å². The van der Waals surface area contributed by atoms with Crippen molar-refractivity contribution >= 4 is 5.97 Å². The highest BCUT2D eigenvalue weighted by Crippen LogP contribution is 2.16. The van der Waals surface area contributed by atoms with Gasteiger partial charge in [0.2, 0.25) is 0 Å². The summed E-state index contributed by atoms with van der Waals surface area (Å²) in [6.07, 6.45) is 0.356. The number of aliphatic carboxylic acids is 1. The second-order valence-electron chi connectivity index (χ2n) is 3.32. The summed E-state index contributed by atoms with van der Waals surface area (Å²) in [7, 11) is 0. The molecule has 1 aliphatic heterocycles. The number of aromatic nitrogens is 2. The van der Waals surface area contributed by atoms with Crippen molar-refractivity contribution in [2.75, 3.05) is 6.61 Å². The minimum atomic E-state index is -0.999. The van der Waals surface area contributed by atoms with Crippen molar-refractivity contribution in [1.29, 1.82) is 0 Å². The summed E-state index contributed by atoms with van der Waals surface area (Å²) in [5.41, 5.74) is 1.27. The Morgan fingerprint density at radius 1 is 1.60 bits per heavy atom. The van der Waals surface area contributed by atoms with Crippen LogP contribution in [-0.4, -0.2) is 27.7 Å². The number of aromatic amines is 1. The molecule has 0 amide bonds. The number of H-pyrrole nitrogens is 1. The molecule has 2 rings (SSSR count). The number of carbonyl (C=O) groups is 1. The molecule has 0 saturated carbocycles. The van der Waals surface area contributed by atoms with Crippen LogP contribution in [0.25, 0.3) is 0 Å². The predicted molar refractivity (Wildman–Crippen MR) is 49.6 cm³/mol. The largest absolute Gasteiger partial charge is 0.481 e. The topological polar surface area (TPSA) is 92.3 Å². The monoisotopic (exact) mass is 210 g/mol. The maximum atomic E-state index is 11.1. The molecule has 0 aliphatic carbocycles. The minimum absolute atomic E-state index is 0.240. The van der Waals surface area contributed by atoms with Crippen molar-refractivity contribution in [1.82, 2.24) is 9.97 Å². The fourth-order valence-electron chi connectivity index (χ4n) is 1.62. The van der Waals surface area contributed by atoms with E-state index < -0.39 is 11.7 Å². The summed E-state index contributed by atoms with van der Waals surface area (Å²) < 4.78 is 5.20. The SMILES string of the molecule is O=C(O)Cc1nc(=O)[nH]c2c1COCC2. The maximum absolute atomic E-state index is 11.1. The Kier molecular flexibility index (Phi) is 2.51. The van der Waals surface area contributed by atoms with E-state index in [1.165, 1.54) is 0 Å². The third-order valence-corrected chi connectivity index (χ3v) is 2.27. The van der Waals surface area contributed by atoms with Gasteiger partial charge in [-0.25, -0.2) is 4.79 Å². The molecular formula is C9H10N2O4. The Morgan fingerprint density at radius 2 is 2.40 bits per heavy atom. The number of rotatable bonds is 2. The molecule has 0 aromatic carbocycles. The zero-order valence-electron chi connectivity index (χ0n) is 7.95. The Bertz CT molecular complexity index is 452. The highest BCUT2D eigenvalue weighted by Gasteiger charge is 2.17. The fraction of sp³-hybridized carbons (Fsp3) is 0.444. The number of carboxylic acids is 1. The second-order valence-corrected chi connectivity index (χ2v) is 3.32. The van der Waals surface area contributed by atoms with Gasteiger partial charge >= 0.3 is 11.7 Å². The highest BCUT2D eigenvalue weighted by molar-refractivity contribution is 5.70. The van der Waals surface area contributed by atoms with Gasteiger partial charge in [0, 0.05) is 17.7 Å². The molecular weight excluding hydrogens is 200 g/mol. The summed E-state index contributed by atoms with van der Waals surface area (Å²) in [6, 6.07) is 0. The number of ether oxygens (including phenoxy) is 1. The molecule has 6 heteroatoms. The molecule has 0 radical (unpaired) electrons. The van der Waals surface area contributed by atoms with Crippen molar-refractivity contribution in [3.8, 4) is 0 Å². The number of hydrogen-bond acceptors (Lipinski definition) is 4. The van der Waals surface area contributed by atoms with Crippen LogP contribution < -0.4 is 5.69 Å². The molecule has 6 nitrogen and oxygen atoms in total. The lowest BCUT2D eigenvalue weighted by atomic mass is 10.1. The van der Waals surface area contributed by atoms with E-state index >= 15 is 0 Å². The lowest BCUT2D eigenvalue weighted by Gasteiger charge is -2.17. The smallest absolute Gasteiger partial charge is 0.345 e. The molecule has 2 heterocycles. The third-order valence-electron chi connectivity index (χ3n) is 2.27. The van der Waals surface area contributed by atoms with E-state index in [9.17, 15) is 9.59 Å². The van der Waals surface area contributed by atoms with E-state index in [2.05, 4.69) is 9.97 Å². The number of carboxylic acid groups (broad SMARTS) is 1. The molecule has 0 fully saturated rings. The number of hydrogen-bond donors (Lipinski definition) is 2. The van der Waals surface area contributed by atoms with Crippen LogP contribution in [0.5, 0.6) is 0 Å². The molecule has 0 bridgehead atoms. The minimum Gasteiger partial charge on any atom is -0.481 e. The van der Waals surface area contributed by atoms with E-state index in [4.69, 9.17) is 9.84 Å². The molecule has 15 heavy (non-hydrogen) atoms. The van der Waals surface area contributed by atoms with Gasteiger partial charge < -0.3 is 14.8 Å². The van der Waals surface area contributed by atoms with Crippen molar-refractivity contribution in [3.05, 3.63) is 27.4 Å². The molecule has 2 N–H and O–H groups in total. The fourth-order valence-corrected chi connectivity index (χ4v) is 1.62. The first-order chi connectivity index (χ1) is 7.16. The van der Waals surface area contributed by atoms with Gasteiger partial charge in [0.15, 0.2) is 0 Å². The van der Waals surface area contributed by atoms with Crippen LogP contribution >= 0.6 is 0 Å². The van der Waals surface area contributed by atoms with Crippen LogP contribution in [0.15, 0.2) is 4.79 Å². The highest BCUT2D eigenvalue weighted by atomic mass is 16.5. The molecule has 1 aromatic rings. The summed E-state index contributed by atoms with van der Waals surface area (Å²) >= 11 is 0. The first kappa shape index (κ1) is 9.85. The lowest BCUT2D eigenvalue weighted by molar-refractivity contribution is -0.136. The average molecular weight is 210 g/mol. The first-order valence-corrected chi connectivity index (χ1v) is 4.57. The van der Waals surface area contributed by atoms with Crippen LogP contribution in [-0.2, 0) is 29.0 Å². The quantitative estimate of drug-likeness (QED) is 0.684. The number of nitrogens with one attached hydrogen (secondary N) is 1. The number of fused-ring (bicyclic) bond motifs is 1. The van der Waals surface area contributed by atoms with Gasteiger partial charge in [-0.2, -0.15) is 4.98 Å². The van der Waals surface area contributed by atoms with E-state index in [0.29, 0.717) is 30.9 Å². The normalized spacial score (nSPS) is 14.7. The van der Waals surface area contributed by atoms with Crippen LogP contribution in [0.4, 0.5) is 0 Å². The summed E-state index contributed by atoms with van der Waals surface area (Å²) in [6.45, 7) is 0.862. The van der Waals surface area contributed by atoms with E-state index in [1.807, 2.05) is 0 Å². The van der Waals surface area contributed by atoms with Gasteiger partial charge in [0.25, 0.3) is 0 Å². The van der Waals surface area contributed by atoms with E-state index in [0.717, 1.165) is 5.69 Å². The third kappa shape index (κ3) is 2.04. The summed E-state index contributed by atoms with van der Waals surface area (Å²) in [4.78, 5) is 28.0. The first-order valence-electron chi connectivity index (χ1n) is 4.57. The van der Waals surface area contributed by atoms with E-state index in [-0.39, 0.29) is 6.42 Å². The van der Waals surface area contributed by atoms with Gasteiger partial charge in [0.1, 0.15) is 0 Å². The Hall–Kier alpha value is -1.69. The summed E-state index contributed by atoms with van der Waals surface area (Å²) in [5, 5.41) is 8.67. The van der Waals surface area contributed by atoms with Crippen molar-refractivity contribution in [3.63, 3.8) is 0 Å². The molecule has 0 unspecified atom stereocenters. The molecule has 0 spiro atoms. The Balaban J connectivity index is 2.47. The predicted octanol–water partition coefficient (Wildman–Crippen LogP) is -0.530. The standard InChI is InChI=1S/C9H10N2O4/c12-8(13)3-7-5-4-15-2-1-6(5)10-9(14)11-7/h1-4H2,(H,12,13)(H,10,11,14). The lowest BCUT2D eigenvalue weighted by Crippen LogP contribution is -2.24.